The maximum atomic E-state index is 13.6. The third-order valence-electron chi connectivity index (χ3n) is 2.73. The van der Waals surface area contributed by atoms with Crippen molar-refractivity contribution in [3.8, 4) is 0 Å². The molecular formula is C13H13F2N3. The van der Waals surface area contributed by atoms with Crippen LogP contribution in [-0.2, 0) is 6.42 Å². The van der Waals surface area contributed by atoms with Crippen molar-refractivity contribution in [2.24, 2.45) is 5.84 Å². The lowest BCUT2D eigenvalue weighted by Gasteiger charge is -2.16. The van der Waals surface area contributed by atoms with Crippen LogP contribution < -0.4 is 11.3 Å². The molecule has 1 aromatic carbocycles. The summed E-state index contributed by atoms with van der Waals surface area (Å²) < 4.78 is 26.4. The summed E-state index contributed by atoms with van der Waals surface area (Å²) in [5, 5.41) is 0. The molecule has 2 rings (SSSR count). The lowest BCUT2D eigenvalue weighted by Crippen LogP contribution is -2.30. The standard InChI is InChI=1S/C13H13F2N3/c14-10-3-1-9(2-4-10)7-13(18-16)11-5-6-17-8-12(11)15/h1-6,8,13,18H,7,16H2. The number of hydrazine groups is 1. The summed E-state index contributed by atoms with van der Waals surface area (Å²) in [4.78, 5) is 3.69. The van der Waals surface area contributed by atoms with Gasteiger partial charge in [-0.25, -0.2) is 8.78 Å². The predicted molar refractivity (Wildman–Crippen MR) is 64.4 cm³/mol. The van der Waals surface area contributed by atoms with Crippen LogP contribution in [0, 0.1) is 11.6 Å². The monoisotopic (exact) mass is 249 g/mol. The molecule has 0 fully saturated rings. The number of aromatic nitrogens is 1. The van der Waals surface area contributed by atoms with E-state index < -0.39 is 5.82 Å². The van der Waals surface area contributed by atoms with Crippen LogP contribution >= 0.6 is 0 Å². The number of halogens is 2. The molecule has 1 aromatic heterocycles. The lowest BCUT2D eigenvalue weighted by atomic mass is 10.00. The van der Waals surface area contributed by atoms with E-state index >= 15 is 0 Å². The molecule has 0 spiro atoms. The molecule has 0 amide bonds. The molecule has 5 heteroatoms. The second kappa shape index (κ2) is 5.66. The first kappa shape index (κ1) is 12.6. The largest absolute Gasteiger partial charge is 0.271 e. The Labute approximate surface area is 104 Å². The van der Waals surface area contributed by atoms with Gasteiger partial charge in [-0.15, -0.1) is 0 Å². The molecule has 0 aliphatic carbocycles. The molecule has 0 bridgehead atoms. The van der Waals surface area contributed by atoms with Crippen molar-refractivity contribution < 1.29 is 8.78 Å². The van der Waals surface area contributed by atoms with Gasteiger partial charge in [-0.2, -0.15) is 0 Å². The van der Waals surface area contributed by atoms with Gasteiger partial charge in [0.25, 0.3) is 0 Å². The highest BCUT2D eigenvalue weighted by Crippen LogP contribution is 2.19. The van der Waals surface area contributed by atoms with Crippen LogP contribution in [0.5, 0.6) is 0 Å². The zero-order chi connectivity index (χ0) is 13.0. The number of nitrogens with zero attached hydrogens (tertiary/aromatic N) is 1. The van der Waals surface area contributed by atoms with Gasteiger partial charge in [-0.05, 0) is 30.2 Å². The lowest BCUT2D eigenvalue weighted by molar-refractivity contribution is 0.507. The summed E-state index contributed by atoms with van der Waals surface area (Å²) in [7, 11) is 0. The number of pyridine rings is 1. The van der Waals surface area contributed by atoms with Gasteiger partial charge in [0.15, 0.2) is 0 Å². The third kappa shape index (κ3) is 2.88. The van der Waals surface area contributed by atoms with Crippen LogP contribution in [0.2, 0.25) is 0 Å². The van der Waals surface area contributed by atoms with Crippen LogP contribution in [0.4, 0.5) is 8.78 Å². The molecule has 0 aliphatic rings. The van der Waals surface area contributed by atoms with Gasteiger partial charge in [0.2, 0.25) is 0 Å². The van der Waals surface area contributed by atoms with Gasteiger partial charge < -0.3 is 0 Å². The van der Waals surface area contributed by atoms with E-state index in [4.69, 9.17) is 5.84 Å². The molecule has 0 saturated carbocycles. The van der Waals surface area contributed by atoms with E-state index in [0.29, 0.717) is 12.0 Å². The number of nitrogens with one attached hydrogen (secondary N) is 1. The van der Waals surface area contributed by atoms with Gasteiger partial charge in [0, 0.05) is 11.8 Å². The fourth-order valence-electron chi connectivity index (χ4n) is 1.78. The highest BCUT2D eigenvalue weighted by Gasteiger charge is 2.14. The number of rotatable bonds is 4. The summed E-state index contributed by atoms with van der Waals surface area (Å²) in [6.45, 7) is 0. The summed E-state index contributed by atoms with van der Waals surface area (Å²) >= 11 is 0. The molecule has 1 unspecified atom stereocenters. The van der Waals surface area contributed by atoms with Gasteiger partial charge in [0.1, 0.15) is 11.6 Å². The Hall–Kier alpha value is -1.85. The summed E-state index contributed by atoms with van der Waals surface area (Å²) in [6, 6.07) is 7.23. The third-order valence-corrected chi connectivity index (χ3v) is 2.73. The van der Waals surface area contributed by atoms with Gasteiger partial charge in [0.05, 0.1) is 12.2 Å². The molecule has 0 radical (unpaired) electrons. The van der Waals surface area contributed by atoms with E-state index in [1.165, 1.54) is 18.3 Å². The summed E-state index contributed by atoms with van der Waals surface area (Å²) in [5.41, 5.74) is 3.87. The van der Waals surface area contributed by atoms with Gasteiger partial charge >= 0.3 is 0 Å². The molecule has 18 heavy (non-hydrogen) atoms. The van der Waals surface area contributed by atoms with E-state index in [2.05, 4.69) is 10.4 Å². The van der Waals surface area contributed by atoms with E-state index in [1.807, 2.05) is 0 Å². The van der Waals surface area contributed by atoms with E-state index in [-0.39, 0.29) is 11.9 Å². The molecule has 0 aliphatic heterocycles. The summed E-state index contributed by atoms with van der Waals surface area (Å²) in [5.74, 6) is 4.73. The Bertz CT molecular complexity index is 514. The minimum atomic E-state index is -0.414. The van der Waals surface area contributed by atoms with Gasteiger partial charge in [-0.3, -0.25) is 16.3 Å². The van der Waals surface area contributed by atoms with Crippen LogP contribution in [0.25, 0.3) is 0 Å². The van der Waals surface area contributed by atoms with Crippen molar-refractivity contribution >= 4 is 0 Å². The Balaban J connectivity index is 2.20. The SMILES string of the molecule is NNC(Cc1ccc(F)cc1)c1ccncc1F. The average molecular weight is 249 g/mol. The fraction of sp³-hybridized carbons (Fsp3) is 0.154. The maximum absolute atomic E-state index is 13.6. The van der Waals surface area contributed by atoms with Crippen molar-refractivity contribution in [1.29, 1.82) is 0 Å². The molecular weight excluding hydrogens is 236 g/mol. The number of nitrogens with two attached hydrogens (primary N) is 1. The minimum Gasteiger partial charge on any atom is -0.271 e. The number of hydrogen-bond donors (Lipinski definition) is 2. The van der Waals surface area contributed by atoms with Crippen LogP contribution in [0.1, 0.15) is 17.2 Å². The maximum Gasteiger partial charge on any atom is 0.146 e. The Morgan fingerprint density at radius 2 is 1.89 bits per heavy atom. The predicted octanol–water partition coefficient (Wildman–Crippen LogP) is 2.11. The normalized spacial score (nSPS) is 12.4. The highest BCUT2D eigenvalue weighted by molar-refractivity contribution is 5.23. The van der Waals surface area contributed by atoms with Gasteiger partial charge in [-0.1, -0.05) is 12.1 Å². The van der Waals surface area contributed by atoms with Crippen LogP contribution in [-0.4, -0.2) is 4.98 Å². The minimum absolute atomic E-state index is 0.300. The molecule has 2 aromatic rings. The molecule has 1 atom stereocenters. The van der Waals surface area contributed by atoms with Crippen LogP contribution in [0.3, 0.4) is 0 Å². The van der Waals surface area contributed by atoms with E-state index in [0.717, 1.165) is 11.8 Å². The molecule has 3 N–H and O–H groups in total. The first-order valence-corrected chi connectivity index (χ1v) is 5.50. The van der Waals surface area contributed by atoms with Crippen molar-refractivity contribution in [2.75, 3.05) is 0 Å². The van der Waals surface area contributed by atoms with Crippen molar-refractivity contribution in [3.63, 3.8) is 0 Å². The van der Waals surface area contributed by atoms with E-state index in [1.54, 1.807) is 18.2 Å². The van der Waals surface area contributed by atoms with Crippen molar-refractivity contribution in [2.45, 2.75) is 12.5 Å². The average Bonchev–Trinajstić information content (AvgIpc) is 2.39. The molecule has 1 heterocycles. The Kier molecular flexibility index (Phi) is 3.96. The van der Waals surface area contributed by atoms with Crippen LogP contribution in [0.15, 0.2) is 42.7 Å². The first-order valence-electron chi connectivity index (χ1n) is 5.50. The number of benzene rings is 1. The zero-order valence-corrected chi connectivity index (χ0v) is 9.61. The summed E-state index contributed by atoms with van der Waals surface area (Å²) in [6.07, 6.45) is 3.12. The second-order valence-electron chi connectivity index (χ2n) is 3.95. The topological polar surface area (TPSA) is 50.9 Å². The highest BCUT2D eigenvalue weighted by atomic mass is 19.1. The zero-order valence-electron chi connectivity index (χ0n) is 9.61. The quantitative estimate of drug-likeness (QED) is 0.644. The number of hydrogen-bond acceptors (Lipinski definition) is 3. The Morgan fingerprint density at radius 1 is 1.17 bits per heavy atom. The molecule has 3 nitrogen and oxygen atoms in total. The molecule has 0 saturated heterocycles. The first-order chi connectivity index (χ1) is 8.70. The fourth-order valence-corrected chi connectivity index (χ4v) is 1.78. The Morgan fingerprint density at radius 3 is 2.50 bits per heavy atom. The molecule has 94 valence electrons. The second-order valence-corrected chi connectivity index (χ2v) is 3.95. The smallest absolute Gasteiger partial charge is 0.146 e. The van der Waals surface area contributed by atoms with E-state index in [9.17, 15) is 8.78 Å². The van der Waals surface area contributed by atoms with Crippen molar-refractivity contribution in [3.05, 3.63) is 65.5 Å². The van der Waals surface area contributed by atoms with Crippen molar-refractivity contribution in [1.82, 2.24) is 10.4 Å².